The first-order valence-electron chi connectivity index (χ1n) is 7.32. The van der Waals surface area contributed by atoms with Gasteiger partial charge >= 0.3 is 0 Å². The van der Waals surface area contributed by atoms with Gasteiger partial charge in [0.15, 0.2) is 0 Å². The first-order chi connectivity index (χ1) is 8.58. The molecule has 0 radical (unpaired) electrons. The van der Waals surface area contributed by atoms with Gasteiger partial charge in [-0.1, -0.05) is 6.92 Å². The Morgan fingerprint density at radius 1 is 1.28 bits per heavy atom. The molecule has 1 saturated carbocycles. The summed E-state index contributed by atoms with van der Waals surface area (Å²) in [6, 6.07) is 0.354. The summed E-state index contributed by atoms with van der Waals surface area (Å²) in [6.45, 7) is 7.41. The van der Waals surface area contributed by atoms with Crippen LogP contribution in [0.15, 0.2) is 0 Å². The molecule has 1 saturated heterocycles. The van der Waals surface area contributed by atoms with E-state index in [1.807, 2.05) is 0 Å². The van der Waals surface area contributed by atoms with Crippen LogP contribution in [0.3, 0.4) is 0 Å². The summed E-state index contributed by atoms with van der Waals surface area (Å²) >= 11 is 0. The van der Waals surface area contributed by atoms with Crippen LogP contribution < -0.4 is 5.73 Å². The highest BCUT2D eigenvalue weighted by atomic mass is 16.5. The van der Waals surface area contributed by atoms with E-state index >= 15 is 0 Å². The molecule has 1 aliphatic carbocycles. The van der Waals surface area contributed by atoms with E-state index in [2.05, 4.69) is 18.7 Å². The Hall–Kier alpha value is -0.160. The highest BCUT2D eigenvalue weighted by molar-refractivity contribution is 4.85. The Labute approximate surface area is 110 Å². The normalized spacial score (nSPS) is 43.0. The van der Waals surface area contributed by atoms with Crippen molar-refractivity contribution in [3.05, 3.63) is 0 Å². The summed E-state index contributed by atoms with van der Waals surface area (Å²) in [6.07, 6.45) is 3.88. The number of rotatable bonds is 3. The van der Waals surface area contributed by atoms with Crippen molar-refractivity contribution in [2.45, 2.75) is 51.4 Å². The monoisotopic (exact) mass is 256 g/mol. The third-order valence-electron chi connectivity index (χ3n) is 4.40. The second kappa shape index (κ2) is 6.33. The molecule has 0 amide bonds. The van der Waals surface area contributed by atoms with E-state index < -0.39 is 0 Å². The fourth-order valence-corrected chi connectivity index (χ4v) is 3.45. The van der Waals surface area contributed by atoms with Gasteiger partial charge in [-0.2, -0.15) is 0 Å². The summed E-state index contributed by atoms with van der Waals surface area (Å²) in [5.41, 5.74) is 6.25. The molecule has 2 fully saturated rings. The van der Waals surface area contributed by atoms with Crippen LogP contribution in [0.25, 0.3) is 0 Å². The zero-order chi connectivity index (χ0) is 13.1. The number of hydrogen-bond acceptors (Lipinski definition) is 4. The SMILES string of the molecule is CC1CCC(N)C(CN2CC(C)OC(CO)C2)C1. The standard InChI is InChI=1S/C14H28N2O2/c1-10-3-4-14(15)12(5-10)7-16-6-11(2)18-13(8-16)9-17/h10-14,17H,3-9,15H2,1-2H3. The van der Waals surface area contributed by atoms with E-state index in [-0.39, 0.29) is 18.8 Å². The average molecular weight is 256 g/mol. The molecule has 0 spiro atoms. The Morgan fingerprint density at radius 2 is 2.06 bits per heavy atom. The van der Waals surface area contributed by atoms with E-state index in [4.69, 9.17) is 10.5 Å². The summed E-state index contributed by atoms with van der Waals surface area (Å²) in [4.78, 5) is 2.43. The van der Waals surface area contributed by atoms with Gasteiger partial charge in [0.05, 0.1) is 18.8 Å². The largest absolute Gasteiger partial charge is 0.394 e. The van der Waals surface area contributed by atoms with Crippen LogP contribution in [0.5, 0.6) is 0 Å². The van der Waals surface area contributed by atoms with Crippen LogP contribution in [0, 0.1) is 11.8 Å². The molecule has 1 aliphatic heterocycles. The maximum Gasteiger partial charge on any atom is 0.0936 e. The maximum atomic E-state index is 9.25. The van der Waals surface area contributed by atoms with Crippen molar-refractivity contribution in [3.8, 4) is 0 Å². The van der Waals surface area contributed by atoms with Crippen molar-refractivity contribution in [2.75, 3.05) is 26.2 Å². The first-order valence-corrected chi connectivity index (χ1v) is 7.32. The Balaban J connectivity index is 1.87. The summed E-state index contributed by atoms with van der Waals surface area (Å²) < 4.78 is 5.68. The number of aliphatic hydroxyl groups excluding tert-OH is 1. The lowest BCUT2D eigenvalue weighted by Crippen LogP contribution is -2.51. The molecular formula is C14H28N2O2. The Kier molecular flexibility index (Phi) is 5.01. The summed E-state index contributed by atoms with van der Waals surface area (Å²) in [5, 5.41) is 9.25. The lowest BCUT2D eigenvalue weighted by molar-refractivity contribution is -0.0994. The predicted molar refractivity (Wildman–Crippen MR) is 72.3 cm³/mol. The van der Waals surface area contributed by atoms with E-state index in [1.54, 1.807) is 0 Å². The predicted octanol–water partition coefficient (Wildman–Crippen LogP) is 0.832. The molecule has 1 heterocycles. The van der Waals surface area contributed by atoms with Crippen molar-refractivity contribution in [1.29, 1.82) is 0 Å². The van der Waals surface area contributed by atoms with Gasteiger partial charge in [-0.05, 0) is 38.0 Å². The van der Waals surface area contributed by atoms with Gasteiger partial charge in [0.1, 0.15) is 0 Å². The molecule has 2 aliphatic rings. The number of hydrogen-bond donors (Lipinski definition) is 2. The maximum absolute atomic E-state index is 9.25. The van der Waals surface area contributed by atoms with Crippen LogP contribution in [0.2, 0.25) is 0 Å². The van der Waals surface area contributed by atoms with Crippen LogP contribution in [-0.2, 0) is 4.74 Å². The van der Waals surface area contributed by atoms with Gasteiger partial charge < -0.3 is 15.6 Å². The topological polar surface area (TPSA) is 58.7 Å². The lowest BCUT2D eigenvalue weighted by Gasteiger charge is -2.41. The minimum Gasteiger partial charge on any atom is -0.394 e. The Morgan fingerprint density at radius 3 is 2.78 bits per heavy atom. The second-order valence-corrected chi connectivity index (χ2v) is 6.31. The molecule has 0 aromatic heterocycles. The summed E-state index contributed by atoms with van der Waals surface area (Å²) in [7, 11) is 0. The molecule has 0 bridgehead atoms. The van der Waals surface area contributed by atoms with Gasteiger partial charge in [0.2, 0.25) is 0 Å². The third-order valence-corrected chi connectivity index (χ3v) is 4.40. The fourth-order valence-electron chi connectivity index (χ4n) is 3.45. The molecule has 0 aromatic carbocycles. The van der Waals surface area contributed by atoms with Crippen molar-refractivity contribution in [1.82, 2.24) is 4.90 Å². The van der Waals surface area contributed by atoms with Gasteiger partial charge in [0, 0.05) is 25.7 Å². The number of aliphatic hydroxyl groups is 1. The van der Waals surface area contributed by atoms with Gasteiger partial charge in [-0.25, -0.2) is 0 Å². The van der Waals surface area contributed by atoms with Crippen LogP contribution in [0.1, 0.15) is 33.1 Å². The smallest absolute Gasteiger partial charge is 0.0936 e. The molecule has 2 rings (SSSR count). The number of morpholine rings is 1. The molecular weight excluding hydrogens is 228 g/mol. The molecule has 106 valence electrons. The van der Waals surface area contributed by atoms with E-state index in [1.165, 1.54) is 12.8 Å². The minimum absolute atomic E-state index is 0.0222. The molecule has 5 atom stereocenters. The number of nitrogens with two attached hydrogens (primary N) is 1. The fraction of sp³-hybridized carbons (Fsp3) is 1.00. The van der Waals surface area contributed by atoms with E-state index in [0.29, 0.717) is 12.0 Å². The number of nitrogens with zero attached hydrogens (tertiary/aromatic N) is 1. The van der Waals surface area contributed by atoms with Crippen LogP contribution in [-0.4, -0.2) is 54.5 Å². The Bertz CT molecular complexity index is 262. The zero-order valence-corrected chi connectivity index (χ0v) is 11.7. The molecule has 18 heavy (non-hydrogen) atoms. The van der Waals surface area contributed by atoms with Crippen molar-refractivity contribution < 1.29 is 9.84 Å². The second-order valence-electron chi connectivity index (χ2n) is 6.31. The molecule has 4 nitrogen and oxygen atoms in total. The third kappa shape index (κ3) is 3.67. The highest BCUT2D eigenvalue weighted by Gasteiger charge is 2.31. The average Bonchev–Trinajstić information content (AvgIpc) is 2.33. The number of ether oxygens (including phenoxy) is 1. The molecule has 3 N–H and O–H groups in total. The lowest BCUT2D eigenvalue weighted by atomic mass is 9.79. The first kappa shape index (κ1) is 14.3. The highest BCUT2D eigenvalue weighted by Crippen LogP contribution is 2.29. The quantitative estimate of drug-likeness (QED) is 0.785. The van der Waals surface area contributed by atoms with E-state index in [0.717, 1.165) is 32.0 Å². The van der Waals surface area contributed by atoms with Gasteiger partial charge in [-0.15, -0.1) is 0 Å². The molecule has 4 heteroatoms. The minimum atomic E-state index is -0.0222. The zero-order valence-electron chi connectivity index (χ0n) is 11.7. The molecule has 0 aromatic rings. The van der Waals surface area contributed by atoms with Crippen molar-refractivity contribution >= 4 is 0 Å². The van der Waals surface area contributed by atoms with Gasteiger partial charge in [-0.3, -0.25) is 4.90 Å². The van der Waals surface area contributed by atoms with E-state index in [9.17, 15) is 5.11 Å². The van der Waals surface area contributed by atoms with Crippen molar-refractivity contribution in [3.63, 3.8) is 0 Å². The van der Waals surface area contributed by atoms with Gasteiger partial charge in [0.25, 0.3) is 0 Å². The van der Waals surface area contributed by atoms with Crippen molar-refractivity contribution in [2.24, 2.45) is 17.6 Å². The van der Waals surface area contributed by atoms with Crippen LogP contribution in [0.4, 0.5) is 0 Å². The van der Waals surface area contributed by atoms with Crippen LogP contribution >= 0.6 is 0 Å². The molecule has 5 unspecified atom stereocenters. The summed E-state index contributed by atoms with van der Waals surface area (Å²) in [5.74, 6) is 1.42.